The van der Waals surface area contributed by atoms with Crippen LogP contribution in [0.5, 0.6) is 0 Å². The van der Waals surface area contributed by atoms with E-state index < -0.39 is 0 Å². The fraction of sp³-hybridized carbons (Fsp3) is 0.600. The van der Waals surface area contributed by atoms with E-state index in [4.69, 9.17) is 0 Å². The molecule has 1 saturated heterocycles. The highest BCUT2D eigenvalue weighted by atomic mass is 16.6. The Labute approximate surface area is 52.2 Å². The maximum absolute atomic E-state index is 10.6. The van der Waals surface area contributed by atoms with Crippen molar-refractivity contribution in [3.8, 4) is 0 Å². The van der Waals surface area contributed by atoms with Crippen molar-refractivity contribution in [1.82, 2.24) is 5.32 Å². The highest BCUT2D eigenvalue weighted by Crippen LogP contribution is 2.07. The van der Waals surface area contributed by atoms with Crippen LogP contribution in [0.1, 0.15) is 0 Å². The van der Waals surface area contributed by atoms with Gasteiger partial charge in [-0.15, -0.1) is 0 Å². The van der Waals surface area contributed by atoms with Crippen molar-refractivity contribution in [3.63, 3.8) is 0 Å². The predicted molar refractivity (Wildman–Crippen MR) is 28.8 cm³/mol. The van der Waals surface area contributed by atoms with Crippen LogP contribution in [0.4, 0.5) is 0 Å². The number of rotatable bonds is 3. The van der Waals surface area contributed by atoms with Crippen molar-refractivity contribution < 1.29 is 14.3 Å². The van der Waals surface area contributed by atoms with Gasteiger partial charge in [-0.3, -0.25) is 4.79 Å². The summed E-state index contributed by atoms with van der Waals surface area (Å²) in [7, 11) is 0. The number of aldehydes is 1. The molecule has 1 atom stereocenters. The van der Waals surface area contributed by atoms with Gasteiger partial charge in [-0.2, -0.15) is 0 Å². The van der Waals surface area contributed by atoms with E-state index in [9.17, 15) is 9.59 Å². The van der Waals surface area contributed by atoms with Crippen LogP contribution in [0, 0.1) is 0 Å². The lowest BCUT2D eigenvalue weighted by Gasteiger charge is -1.93. The molecule has 1 N–H and O–H groups in total. The fourth-order valence-corrected chi connectivity index (χ4v) is 0.456. The summed E-state index contributed by atoms with van der Waals surface area (Å²) in [5.41, 5.74) is 0. The molecule has 0 saturated carbocycles. The van der Waals surface area contributed by atoms with Crippen LogP contribution in [-0.4, -0.2) is 31.4 Å². The van der Waals surface area contributed by atoms with Crippen LogP contribution < -0.4 is 5.32 Å². The molecule has 1 heterocycles. The average Bonchev–Trinajstić information content (AvgIpc) is 2.63. The smallest absolute Gasteiger partial charge is 0.251 e. The molecule has 1 amide bonds. The lowest BCUT2D eigenvalue weighted by Crippen LogP contribution is -2.29. The van der Waals surface area contributed by atoms with E-state index >= 15 is 0 Å². The van der Waals surface area contributed by atoms with E-state index in [-0.39, 0.29) is 18.6 Å². The summed E-state index contributed by atoms with van der Waals surface area (Å²) >= 11 is 0. The minimum Gasteiger partial charge on any atom is -0.363 e. The van der Waals surface area contributed by atoms with Crippen LogP contribution in [-0.2, 0) is 14.3 Å². The Bertz CT molecular complexity index is 130. The van der Waals surface area contributed by atoms with Gasteiger partial charge in [-0.1, -0.05) is 0 Å². The summed E-state index contributed by atoms with van der Waals surface area (Å²) in [5.74, 6) is -0.192. The second-order valence-electron chi connectivity index (χ2n) is 1.73. The monoisotopic (exact) mass is 129 g/mol. The number of hydrogen-bond donors (Lipinski definition) is 1. The Balaban J connectivity index is 2.10. The topological polar surface area (TPSA) is 58.7 Å². The molecule has 0 bridgehead atoms. The highest BCUT2D eigenvalue weighted by Gasteiger charge is 2.30. The number of epoxide rings is 1. The van der Waals surface area contributed by atoms with Crippen molar-refractivity contribution in [3.05, 3.63) is 0 Å². The first-order valence-electron chi connectivity index (χ1n) is 2.67. The van der Waals surface area contributed by atoms with E-state index in [1.807, 2.05) is 0 Å². The van der Waals surface area contributed by atoms with E-state index in [2.05, 4.69) is 10.1 Å². The van der Waals surface area contributed by atoms with Crippen LogP contribution >= 0.6 is 0 Å². The lowest BCUT2D eigenvalue weighted by molar-refractivity contribution is -0.123. The summed E-state index contributed by atoms with van der Waals surface area (Å²) in [4.78, 5) is 20.3. The minimum absolute atomic E-state index is 0.0820. The molecule has 1 rings (SSSR count). The number of hydrogen-bond acceptors (Lipinski definition) is 3. The number of ether oxygens (including phenoxy) is 1. The molecule has 9 heavy (non-hydrogen) atoms. The molecule has 0 radical (unpaired) electrons. The summed E-state index contributed by atoms with van der Waals surface area (Å²) in [6, 6.07) is 0. The Hall–Kier alpha value is -0.900. The van der Waals surface area contributed by atoms with Gasteiger partial charge >= 0.3 is 0 Å². The van der Waals surface area contributed by atoms with E-state index in [0.717, 1.165) is 0 Å². The first-order chi connectivity index (χ1) is 4.34. The maximum atomic E-state index is 10.6. The summed E-state index contributed by atoms with van der Waals surface area (Å²) in [5, 5.41) is 2.36. The van der Waals surface area contributed by atoms with E-state index in [0.29, 0.717) is 12.9 Å². The van der Waals surface area contributed by atoms with Crippen molar-refractivity contribution in [2.24, 2.45) is 0 Å². The van der Waals surface area contributed by atoms with Crippen LogP contribution in [0.15, 0.2) is 0 Å². The van der Waals surface area contributed by atoms with Gasteiger partial charge in [0.05, 0.1) is 13.2 Å². The standard InChI is InChI=1S/C5H7NO3/c7-2-1-6-5(8)4-3-9-4/h2,4H,1,3H2,(H,6,8). The molecule has 0 aliphatic carbocycles. The van der Waals surface area contributed by atoms with E-state index in [1.165, 1.54) is 0 Å². The molecule has 0 aromatic rings. The number of nitrogens with one attached hydrogen (secondary N) is 1. The Morgan fingerprint density at radius 1 is 1.89 bits per heavy atom. The van der Waals surface area contributed by atoms with Crippen LogP contribution in [0.2, 0.25) is 0 Å². The summed E-state index contributed by atoms with van der Waals surface area (Å²) in [6.45, 7) is 0.573. The van der Waals surface area contributed by atoms with Gasteiger partial charge < -0.3 is 14.8 Å². The normalized spacial score (nSPS) is 22.9. The molecule has 4 nitrogen and oxygen atoms in total. The average molecular weight is 129 g/mol. The van der Waals surface area contributed by atoms with Gasteiger partial charge in [0.2, 0.25) is 0 Å². The SMILES string of the molecule is O=CCNC(=O)C1CO1. The molecule has 4 heteroatoms. The van der Waals surface area contributed by atoms with Gasteiger partial charge in [0, 0.05) is 0 Å². The molecule has 1 unspecified atom stereocenters. The fourth-order valence-electron chi connectivity index (χ4n) is 0.456. The molecule has 0 aromatic heterocycles. The molecule has 1 fully saturated rings. The quantitative estimate of drug-likeness (QED) is 0.380. The molecule has 1 aliphatic rings. The Morgan fingerprint density at radius 3 is 3.00 bits per heavy atom. The van der Waals surface area contributed by atoms with Crippen molar-refractivity contribution in [1.29, 1.82) is 0 Å². The van der Waals surface area contributed by atoms with Crippen molar-refractivity contribution in [2.45, 2.75) is 6.10 Å². The van der Waals surface area contributed by atoms with Gasteiger partial charge in [-0.05, 0) is 0 Å². The van der Waals surface area contributed by atoms with Crippen molar-refractivity contribution >= 4 is 12.2 Å². The predicted octanol–water partition coefficient (Wildman–Crippen LogP) is -1.30. The zero-order valence-corrected chi connectivity index (χ0v) is 4.79. The maximum Gasteiger partial charge on any atom is 0.251 e. The summed E-state index contributed by atoms with van der Waals surface area (Å²) < 4.78 is 4.64. The first kappa shape index (κ1) is 6.22. The van der Waals surface area contributed by atoms with Crippen LogP contribution in [0.25, 0.3) is 0 Å². The van der Waals surface area contributed by atoms with E-state index in [1.54, 1.807) is 0 Å². The Kier molecular flexibility index (Phi) is 1.79. The molecular formula is C5H7NO3. The zero-order chi connectivity index (χ0) is 6.69. The largest absolute Gasteiger partial charge is 0.363 e. The second kappa shape index (κ2) is 2.59. The third kappa shape index (κ3) is 1.81. The number of carbonyl (C=O) groups excluding carboxylic acids is 2. The zero-order valence-electron chi connectivity index (χ0n) is 4.79. The van der Waals surface area contributed by atoms with Gasteiger partial charge in [0.25, 0.3) is 5.91 Å². The number of amides is 1. The van der Waals surface area contributed by atoms with Crippen LogP contribution in [0.3, 0.4) is 0 Å². The highest BCUT2D eigenvalue weighted by molar-refractivity contribution is 5.84. The second-order valence-corrected chi connectivity index (χ2v) is 1.73. The first-order valence-corrected chi connectivity index (χ1v) is 2.67. The Morgan fingerprint density at radius 2 is 2.56 bits per heavy atom. The molecular weight excluding hydrogens is 122 g/mol. The third-order valence-corrected chi connectivity index (χ3v) is 0.985. The molecule has 50 valence electrons. The van der Waals surface area contributed by atoms with Gasteiger partial charge in [0.15, 0.2) is 6.10 Å². The van der Waals surface area contributed by atoms with Crippen molar-refractivity contribution in [2.75, 3.05) is 13.2 Å². The molecule has 0 aromatic carbocycles. The van der Waals surface area contributed by atoms with Gasteiger partial charge in [0.1, 0.15) is 6.29 Å². The number of carbonyl (C=O) groups is 2. The van der Waals surface area contributed by atoms with Gasteiger partial charge in [-0.25, -0.2) is 0 Å². The minimum atomic E-state index is -0.287. The third-order valence-electron chi connectivity index (χ3n) is 0.985. The molecule has 1 aliphatic heterocycles. The molecule has 0 spiro atoms. The lowest BCUT2D eigenvalue weighted by atomic mass is 10.4. The summed E-state index contributed by atoms with van der Waals surface area (Å²) in [6.07, 6.45) is 0.352.